The molecule has 0 bridgehead atoms. The standard InChI is InChI=1S/C15H20O5/c1-9-15(20-10(2)16)13(17)8-14(19-9)11-4-6-12(18-3)7-5-11/h4-7,9,13-15,17H,8H2,1-3H3/t9-,13-,14-,15-/m1/s1. The first kappa shape index (κ1) is 14.8. The molecule has 1 saturated heterocycles. The zero-order valence-electron chi connectivity index (χ0n) is 11.9. The minimum absolute atomic E-state index is 0.210. The predicted molar refractivity (Wildman–Crippen MR) is 72.5 cm³/mol. The van der Waals surface area contributed by atoms with Crippen LogP contribution >= 0.6 is 0 Å². The SMILES string of the molecule is COc1ccc([C@H]2C[C@@H](O)[C@H](OC(C)=O)[C@@H](C)O2)cc1. The van der Waals surface area contributed by atoms with E-state index in [1.54, 1.807) is 14.0 Å². The lowest BCUT2D eigenvalue weighted by molar-refractivity contribution is -0.192. The van der Waals surface area contributed by atoms with E-state index >= 15 is 0 Å². The summed E-state index contributed by atoms with van der Waals surface area (Å²) >= 11 is 0. The second-order valence-corrected chi connectivity index (χ2v) is 4.98. The molecule has 0 saturated carbocycles. The van der Waals surface area contributed by atoms with Crippen LogP contribution < -0.4 is 4.74 Å². The van der Waals surface area contributed by atoms with Crippen LogP contribution in [-0.2, 0) is 14.3 Å². The quantitative estimate of drug-likeness (QED) is 0.856. The second-order valence-electron chi connectivity index (χ2n) is 4.98. The number of carbonyl (C=O) groups is 1. The van der Waals surface area contributed by atoms with Crippen LogP contribution in [0, 0.1) is 0 Å². The van der Waals surface area contributed by atoms with Gasteiger partial charge in [0.2, 0.25) is 0 Å². The molecular weight excluding hydrogens is 260 g/mol. The van der Waals surface area contributed by atoms with E-state index in [0.29, 0.717) is 6.42 Å². The van der Waals surface area contributed by atoms with E-state index in [1.807, 2.05) is 24.3 Å². The minimum atomic E-state index is -0.727. The molecule has 20 heavy (non-hydrogen) atoms. The lowest BCUT2D eigenvalue weighted by Crippen LogP contribution is -2.46. The van der Waals surface area contributed by atoms with Crippen LogP contribution in [0.3, 0.4) is 0 Å². The van der Waals surface area contributed by atoms with Crippen LogP contribution in [0.2, 0.25) is 0 Å². The van der Waals surface area contributed by atoms with Gasteiger partial charge in [0.25, 0.3) is 0 Å². The Balaban J connectivity index is 2.07. The molecule has 0 amide bonds. The molecule has 0 spiro atoms. The Bertz CT molecular complexity index is 444. The van der Waals surface area contributed by atoms with Crippen LogP contribution in [0.4, 0.5) is 0 Å². The third-order valence-corrected chi connectivity index (χ3v) is 3.47. The van der Waals surface area contributed by atoms with Gasteiger partial charge in [-0.25, -0.2) is 0 Å². The van der Waals surface area contributed by atoms with Gasteiger partial charge in [-0.3, -0.25) is 4.79 Å². The molecule has 1 aromatic rings. The summed E-state index contributed by atoms with van der Waals surface area (Å²) in [7, 11) is 1.61. The maximum Gasteiger partial charge on any atom is 0.303 e. The Morgan fingerprint density at radius 3 is 2.50 bits per heavy atom. The van der Waals surface area contributed by atoms with Gasteiger partial charge in [-0.2, -0.15) is 0 Å². The molecule has 1 aliphatic heterocycles. The minimum Gasteiger partial charge on any atom is -0.497 e. The maximum absolute atomic E-state index is 11.0. The third-order valence-electron chi connectivity index (χ3n) is 3.47. The molecule has 1 N–H and O–H groups in total. The Hall–Kier alpha value is -1.59. The van der Waals surface area contributed by atoms with Crippen molar-refractivity contribution in [2.45, 2.75) is 44.7 Å². The summed E-state index contributed by atoms with van der Waals surface area (Å²) in [4.78, 5) is 11.0. The van der Waals surface area contributed by atoms with E-state index in [-0.39, 0.29) is 12.2 Å². The molecule has 0 unspecified atom stereocenters. The van der Waals surface area contributed by atoms with Gasteiger partial charge in [0.1, 0.15) is 5.75 Å². The number of carbonyl (C=O) groups excluding carboxylic acids is 1. The molecule has 4 atom stereocenters. The number of hydrogen-bond donors (Lipinski definition) is 1. The van der Waals surface area contributed by atoms with Crippen molar-refractivity contribution in [3.63, 3.8) is 0 Å². The summed E-state index contributed by atoms with van der Waals surface area (Å²) < 4.78 is 16.1. The number of aliphatic hydroxyl groups is 1. The average Bonchev–Trinajstić information content (AvgIpc) is 2.42. The van der Waals surface area contributed by atoms with E-state index in [9.17, 15) is 9.90 Å². The summed E-state index contributed by atoms with van der Waals surface area (Å²) in [5.74, 6) is 0.364. The smallest absolute Gasteiger partial charge is 0.303 e. The summed E-state index contributed by atoms with van der Waals surface area (Å²) in [6.07, 6.45) is -1.50. The van der Waals surface area contributed by atoms with Gasteiger partial charge in [-0.15, -0.1) is 0 Å². The lowest BCUT2D eigenvalue weighted by Gasteiger charge is -2.37. The van der Waals surface area contributed by atoms with Crippen LogP contribution in [0.25, 0.3) is 0 Å². The maximum atomic E-state index is 11.0. The molecule has 0 radical (unpaired) electrons. The Morgan fingerprint density at radius 2 is 2.00 bits per heavy atom. The van der Waals surface area contributed by atoms with Crippen molar-refractivity contribution in [3.8, 4) is 5.75 Å². The normalized spacial score (nSPS) is 29.8. The van der Waals surface area contributed by atoms with E-state index in [2.05, 4.69) is 0 Å². The van der Waals surface area contributed by atoms with Crippen molar-refractivity contribution in [1.29, 1.82) is 0 Å². The van der Waals surface area contributed by atoms with Crippen molar-refractivity contribution in [1.82, 2.24) is 0 Å². The van der Waals surface area contributed by atoms with Gasteiger partial charge in [0, 0.05) is 13.3 Å². The van der Waals surface area contributed by atoms with Crippen LogP contribution in [-0.4, -0.2) is 36.5 Å². The highest BCUT2D eigenvalue weighted by Gasteiger charge is 2.38. The molecule has 5 heteroatoms. The van der Waals surface area contributed by atoms with Crippen LogP contribution in [0.5, 0.6) is 5.75 Å². The average molecular weight is 280 g/mol. The first-order valence-corrected chi connectivity index (χ1v) is 6.66. The van der Waals surface area contributed by atoms with Gasteiger partial charge in [0.05, 0.1) is 25.4 Å². The third kappa shape index (κ3) is 3.29. The number of hydrogen-bond acceptors (Lipinski definition) is 5. The Kier molecular flexibility index (Phi) is 4.62. The zero-order chi connectivity index (χ0) is 14.7. The van der Waals surface area contributed by atoms with Crippen molar-refractivity contribution in [3.05, 3.63) is 29.8 Å². The van der Waals surface area contributed by atoms with Gasteiger partial charge < -0.3 is 19.3 Å². The van der Waals surface area contributed by atoms with E-state index in [1.165, 1.54) is 6.92 Å². The number of benzene rings is 1. The molecule has 0 aliphatic carbocycles. The van der Waals surface area contributed by atoms with Gasteiger partial charge in [-0.1, -0.05) is 12.1 Å². The molecule has 1 aromatic carbocycles. The molecule has 1 fully saturated rings. The van der Waals surface area contributed by atoms with Crippen molar-refractivity contribution in [2.75, 3.05) is 7.11 Å². The van der Waals surface area contributed by atoms with Crippen molar-refractivity contribution >= 4 is 5.97 Å². The summed E-state index contributed by atoms with van der Waals surface area (Å²) in [6.45, 7) is 3.13. The number of methoxy groups -OCH3 is 1. The predicted octanol–water partition coefficient (Wildman–Crippen LogP) is 1.84. The molecule has 2 rings (SSSR count). The second kappa shape index (κ2) is 6.24. The lowest BCUT2D eigenvalue weighted by atomic mass is 9.94. The van der Waals surface area contributed by atoms with Crippen LogP contribution in [0.15, 0.2) is 24.3 Å². The fourth-order valence-electron chi connectivity index (χ4n) is 2.46. The summed E-state index contributed by atoms with van der Waals surface area (Å²) in [6, 6.07) is 7.53. The number of ether oxygens (including phenoxy) is 3. The highest BCUT2D eigenvalue weighted by Crippen LogP contribution is 2.33. The Morgan fingerprint density at radius 1 is 1.35 bits per heavy atom. The fourth-order valence-corrected chi connectivity index (χ4v) is 2.46. The monoisotopic (exact) mass is 280 g/mol. The number of esters is 1. The van der Waals surface area contributed by atoms with Gasteiger partial charge in [0.15, 0.2) is 6.10 Å². The van der Waals surface area contributed by atoms with Gasteiger partial charge in [-0.05, 0) is 24.6 Å². The first-order valence-electron chi connectivity index (χ1n) is 6.66. The van der Waals surface area contributed by atoms with E-state index in [4.69, 9.17) is 14.2 Å². The van der Waals surface area contributed by atoms with Crippen LogP contribution in [0.1, 0.15) is 31.9 Å². The largest absolute Gasteiger partial charge is 0.497 e. The molecular formula is C15H20O5. The Labute approximate surface area is 118 Å². The highest BCUT2D eigenvalue weighted by atomic mass is 16.6. The molecule has 0 aromatic heterocycles. The van der Waals surface area contributed by atoms with Gasteiger partial charge >= 0.3 is 5.97 Å². The first-order chi connectivity index (χ1) is 9.51. The highest BCUT2D eigenvalue weighted by molar-refractivity contribution is 5.66. The number of aliphatic hydroxyl groups excluding tert-OH is 1. The molecule has 1 aliphatic rings. The molecule has 110 valence electrons. The van der Waals surface area contributed by atoms with Crippen molar-refractivity contribution in [2.24, 2.45) is 0 Å². The van der Waals surface area contributed by atoms with E-state index in [0.717, 1.165) is 11.3 Å². The van der Waals surface area contributed by atoms with E-state index < -0.39 is 18.2 Å². The summed E-state index contributed by atoms with van der Waals surface area (Å²) in [5.41, 5.74) is 0.970. The molecule has 1 heterocycles. The zero-order valence-corrected chi connectivity index (χ0v) is 11.9. The summed E-state index contributed by atoms with van der Waals surface area (Å²) in [5, 5.41) is 10.1. The number of rotatable bonds is 3. The molecule has 5 nitrogen and oxygen atoms in total. The fraction of sp³-hybridized carbons (Fsp3) is 0.533. The van der Waals surface area contributed by atoms with Crippen molar-refractivity contribution < 1.29 is 24.1 Å². The topological polar surface area (TPSA) is 65.0 Å².